The minimum atomic E-state index is -0.318. The van der Waals surface area contributed by atoms with Gasteiger partial charge in [-0.05, 0) is 29.9 Å². The molecule has 0 aliphatic rings. The number of rotatable bonds is 5. The molecule has 0 unspecified atom stereocenters. The number of hydrogen-bond donors (Lipinski definition) is 3. The Bertz CT molecular complexity index is 616. The highest BCUT2D eigenvalue weighted by Gasteiger charge is 2.16. The van der Waals surface area contributed by atoms with Gasteiger partial charge in [-0.15, -0.1) is 0 Å². The van der Waals surface area contributed by atoms with Crippen LogP contribution >= 0.6 is 12.2 Å². The maximum absolute atomic E-state index is 13.7. The zero-order chi connectivity index (χ0) is 15.9. The lowest BCUT2D eigenvalue weighted by atomic mass is 10.1. The summed E-state index contributed by atoms with van der Waals surface area (Å²) in [7, 11) is 4.18. The van der Waals surface area contributed by atoms with E-state index in [2.05, 4.69) is 36.9 Å². The van der Waals surface area contributed by atoms with Crippen LogP contribution in [0, 0.1) is 5.82 Å². The Morgan fingerprint density at radius 3 is 2.36 bits per heavy atom. The van der Waals surface area contributed by atoms with E-state index in [1.807, 2.05) is 18.2 Å². The van der Waals surface area contributed by atoms with E-state index in [0.29, 0.717) is 10.8 Å². The van der Waals surface area contributed by atoms with Crippen molar-refractivity contribution in [3.8, 4) is 0 Å². The van der Waals surface area contributed by atoms with Crippen molar-refractivity contribution in [2.24, 2.45) is 0 Å². The summed E-state index contributed by atoms with van der Waals surface area (Å²) < 4.78 is 13.7. The first-order valence-electron chi connectivity index (χ1n) is 7.22. The predicted octanol–water partition coefficient (Wildman–Crippen LogP) is 2.00. The Hall–Kier alpha value is -1.98. The van der Waals surface area contributed by atoms with Crippen LogP contribution in [-0.2, 0) is 0 Å². The third-order valence-corrected chi connectivity index (χ3v) is 3.46. The molecular weight excluding hydrogens is 297 g/mol. The van der Waals surface area contributed by atoms with Crippen molar-refractivity contribution >= 4 is 23.0 Å². The van der Waals surface area contributed by atoms with Gasteiger partial charge in [-0.25, -0.2) is 4.39 Å². The number of quaternary nitrogens is 1. The van der Waals surface area contributed by atoms with Crippen LogP contribution in [0.2, 0.25) is 0 Å². The third-order valence-electron chi connectivity index (χ3n) is 3.24. The molecule has 0 heterocycles. The SMILES string of the molecule is C[NH+](C)C[C@H](NC(=S)Nc1ccccc1F)c1ccccc1. The van der Waals surface area contributed by atoms with Crippen molar-refractivity contribution in [3.63, 3.8) is 0 Å². The molecule has 0 saturated heterocycles. The van der Waals surface area contributed by atoms with Gasteiger partial charge in [-0.3, -0.25) is 0 Å². The second-order valence-corrected chi connectivity index (χ2v) is 5.86. The van der Waals surface area contributed by atoms with Crippen molar-refractivity contribution in [1.82, 2.24) is 5.32 Å². The standard InChI is InChI=1S/C17H20FN3S/c1-21(2)12-16(13-8-4-3-5-9-13)20-17(22)19-15-11-7-6-10-14(15)18/h3-11,16H,12H2,1-2H3,(H2,19,20,22)/p+1/t16-/m0/s1. The zero-order valence-corrected chi connectivity index (χ0v) is 13.6. The quantitative estimate of drug-likeness (QED) is 0.737. The van der Waals surface area contributed by atoms with E-state index >= 15 is 0 Å². The number of halogens is 1. The highest BCUT2D eigenvalue weighted by atomic mass is 32.1. The van der Waals surface area contributed by atoms with Gasteiger partial charge < -0.3 is 15.5 Å². The molecule has 5 heteroatoms. The molecule has 116 valence electrons. The fourth-order valence-electron chi connectivity index (χ4n) is 2.23. The van der Waals surface area contributed by atoms with Gasteiger partial charge in [-0.1, -0.05) is 42.5 Å². The molecular formula is C17H21FN3S+. The molecule has 2 aromatic carbocycles. The number of benzene rings is 2. The first-order valence-corrected chi connectivity index (χ1v) is 7.63. The summed E-state index contributed by atoms with van der Waals surface area (Å²) in [4.78, 5) is 1.30. The molecule has 3 nitrogen and oxygen atoms in total. The molecule has 0 saturated carbocycles. The van der Waals surface area contributed by atoms with Gasteiger partial charge in [0.2, 0.25) is 0 Å². The highest BCUT2D eigenvalue weighted by Crippen LogP contribution is 2.14. The fraction of sp³-hybridized carbons (Fsp3) is 0.235. The van der Waals surface area contributed by atoms with E-state index in [9.17, 15) is 4.39 Å². The number of hydrogen-bond acceptors (Lipinski definition) is 1. The number of nitrogens with one attached hydrogen (secondary N) is 3. The molecule has 0 radical (unpaired) electrons. The van der Waals surface area contributed by atoms with Crippen molar-refractivity contribution in [1.29, 1.82) is 0 Å². The van der Waals surface area contributed by atoms with E-state index in [4.69, 9.17) is 12.2 Å². The van der Waals surface area contributed by atoms with Crippen molar-refractivity contribution in [2.75, 3.05) is 26.0 Å². The summed E-state index contributed by atoms with van der Waals surface area (Å²) in [6, 6.07) is 16.7. The Kier molecular flexibility index (Phi) is 5.86. The molecule has 0 bridgehead atoms. The molecule has 0 aliphatic heterocycles. The summed E-state index contributed by atoms with van der Waals surface area (Å²) in [6.45, 7) is 0.864. The van der Waals surface area contributed by atoms with Crippen molar-refractivity contribution < 1.29 is 9.29 Å². The molecule has 0 aliphatic carbocycles. The molecule has 0 amide bonds. The van der Waals surface area contributed by atoms with Gasteiger partial charge in [0, 0.05) is 0 Å². The minimum Gasteiger partial charge on any atom is -0.350 e. The first-order chi connectivity index (χ1) is 10.6. The Morgan fingerprint density at radius 2 is 1.73 bits per heavy atom. The maximum atomic E-state index is 13.7. The number of likely N-dealkylation sites (N-methyl/N-ethyl adjacent to an activating group) is 1. The van der Waals surface area contributed by atoms with Gasteiger partial charge in [0.25, 0.3) is 0 Å². The smallest absolute Gasteiger partial charge is 0.171 e. The average Bonchev–Trinajstić information content (AvgIpc) is 2.49. The Morgan fingerprint density at radius 1 is 1.09 bits per heavy atom. The van der Waals surface area contributed by atoms with Crippen LogP contribution < -0.4 is 15.5 Å². The van der Waals surface area contributed by atoms with Crippen molar-refractivity contribution in [3.05, 3.63) is 66.0 Å². The molecule has 2 rings (SSSR count). The number of anilines is 1. The lowest BCUT2D eigenvalue weighted by Crippen LogP contribution is -3.06. The Labute approximate surface area is 136 Å². The summed E-state index contributed by atoms with van der Waals surface area (Å²) in [5.41, 5.74) is 1.53. The monoisotopic (exact) mass is 318 g/mol. The van der Waals surface area contributed by atoms with Crippen LogP contribution in [0.5, 0.6) is 0 Å². The normalized spacial score (nSPS) is 12.0. The molecule has 22 heavy (non-hydrogen) atoms. The minimum absolute atomic E-state index is 0.0676. The average molecular weight is 318 g/mol. The van der Waals surface area contributed by atoms with Crippen LogP contribution in [0.4, 0.5) is 10.1 Å². The summed E-state index contributed by atoms with van der Waals surface area (Å²) in [5.74, 6) is -0.318. The molecule has 1 atom stereocenters. The second-order valence-electron chi connectivity index (χ2n) is 5.45. The molecule has 0 aromatic heterocycles. The topological polar surface area (TPSA) is 28.5 Å². The van der Waals surface area contributed by atoms with Crippen LogP contribution in [-0.4, -0.2) is 25.8 Å². The molecule has 3 N–H and O–H groups in total. The second kappa shape index (κ2) is 7.87. The Balaban J connectivity index is 2.07. The summed E-state index contributed by atoms with van der Waals surface area (Å²) in [5, 5.41) is 6.61. The molecule has 0 spiro atoms. The van der Waals surface area contributed by atoms with Gasteiger partial charge in [0.1, 0.15) is 18.4 Å². The van der Waals surface area contributed by atoms with Gasteiger partial charge in [0.05, 0.1) is 19.8 Å². The lowest BCUT2D eigenvalue weighted by Gasteiger charge is -2.22. The van der Waals surface area contributed by atoms with E-state index in [1.54, 1.807) is 18.2 Å². The van der Waals surface area contributed by atoms with Crippen LogP contribution in [0.3, 0.4) is 0 Å². The van der Waals surface area contributed by atoms with Gasteiger partial charge in [-0.2, -0.15) is 0 Å². The van der Waals surface area contributed by atoms with Gasteiger partial charge >= 0.3 is 0 Å². The van der Waals surface area contributed by atoms with Crippen molar-refractivity contribution in [2.45, 2.75) is 6.04 Å². The van der Waals surface area contributed by atoms with E-state index in [-0.39, 0.29) is 11.9 Å². The van der Waals surface area contributed by atoms with E-state index in [0.717, 1.165) is 12.1 Å². The van der Waals surface area contributed by atoms with Crippen LogP contribution in [0.25, 0.3) is 0 Å². The van der Waals surface area contributed by atoms with Crippen LogP contribution in [0.1, 0.15) is 11.6 Å². The number of thiocarbonyl (C=S) groups is 1. The predicted molar refractivity (Wildman–Crippen MR) is 92.6 cm³/mol. The summed E-state index contributed by atoms with van der Waals surface area (Å²) in [6.07, 6.45) is 0. The third kappa shape index (κ3) is 4.79. The summed E-state index contributed by atoms with van der Waals surface area (Å²) >= 11 is 5.33. The largest absolute Gasteiger partial charge is 0.350 e. The lowest BCUT2D eigenvalue weighted by molar-refractivity contribution is -0.860. The van der Waals surface area contributed by atoms with Gasteiger partial charge in [0.15, 0.2) is 5.11 Å². The maximum Gasteiger partial charge on any atom is 0.171 e. The molecule has 2 aromatic rings. The fourth-order valence-corrected chi connectivity index (χ4v) is 2.48. The van der Waals surface area contributed by atoms with E-state index in [1.165, 1.54) is 11.0 Å². The zero-order valence-electron chi connectivity index (χ0n) is 12.8. The van der Waals surface area contributed by atoms with Crippen LogP contribution in [0.15, 0.2) is 54.6 Å². The first kappa shape index (κ1) is 16.4. The highest BCUT2D eigenvalue weighted by molar-refractivity contribution is 7.80. The number of para-hydroxylation sites is 1. The molecule has 0 fully saturated rings. The van der Waals surface area contributed by atoms with E-state index < -0.39 is 0 Å².